The predicted octanol–water partition coefficient (Wildman–Crippen LogP) is -1.61. The van der Waals surface area contributed by atoms with Gasteiger partial charge in [-0.25, -0.2) is 14.6 Å². The van der Waals surface area contributed by atoms with Gasteiger partial charge in [-0.05, 0) is 0 Å². The lowest BCUT2D eigenvalue weighted by Gasteiger charge is -2.17. The van der Waals surface area contributed by atoms with Gasteiger partial charge in [0.1, 0.15) is 12.2 Å². The molecular weight excluding hydrogens is 230 g/mol. The Morgan fingerprint density at radius 1 is 1.65 bits per heavy atom. The molecule has 0 fully saturated rings. The molecule has 2 amide bonds. The highest BCUT2D eigenvalue weighted by atomic mass is 16.4. The summed E-state index contributed by atoms with van der Waals surface area (Å²) in [5.74, 6) is -0.885. The van der Waals surface area contributed by atoms with Crippen LogP contribution in [0, 0.1) is 0 Å². The van der Waals surface area contributed by atoms with E-state index >= 15 is 0 Å². The Hall–Kier alpha value is -2.16. The normalized spacial score (nSPS) is 11.9. The molecule has 0 bridgehead atoms. The van der Waals surface area contributed by atoms with E-state index in [0.717, 1.165) is 0 Å². The van der Waals surface area contributed by atoms with Crippen LogP contribution in [0.25, 0.3) is 0 Å². The molecule has 1 atom stereocenters. The average molecular weight is 243 g/mol. The third-order valence-electron chi connectivity index (χ3n) is 1.93. The second-order valence-corrected chi connectivity index (χ2v) is 3.33. The molecule has 17 heavy (non-hydrogen) atoms. The van der Waals surface area contributed by atoms with Gasteiger partial charge in [0, 0.05) is 7.05 Å². The van der Waals surface area contributed by atoms with Gasteiger partial charge in [0.2, 0.25) is 0 Å². The van der Waals surface area contributed by atoms with Gasteiger partial charge in [-0.2, -0.15) is 5.10 Å². The van der Waals surface area contributed by atoms with Crippen molar-refractivity contribution >= 4 is 12.0 Å². The number of carbonyl (C=O) groups excluding carboxylic acids is 1. The van der Waals surface area contributed by atoms with Crippen molar-refractivity contribution in [2.45, 2.75) is 12.6 Å². The number of carbonyl (C=O) groups is 2. The number of aromatic nitrogens is 3. The number of rotatable bonds is 5. The Bertz CT molecular complexity index is 379. The van der Waals surface area contributed by atoms with E-state index in [9.17, 15) is 9.59 Å². The number of hydrogen-bond acceptors (Lipinski definition) is 5. The largest absolute Gasteiger partial charge is 0.479 e. The maximum atomic E-state index is 11.4. The summed E-state index contributed by atoms with van der Waals surface area (Å²) in [6, 6.07) is -0.512. The van der Waals surface area contributed by atoms with Gasteiger partial charge in [-0.1, -0.05) is 0 Å². The van der Waals surface area contributed by atoms with E-state index in [1.807, 2.05) is 0 Å². The van der Waals surface area contributed by atoms with Crippen LogP contribution in [-0.2, 0) is 11.3 Å². The topological polar surface area (TPSA) is 131 Å². The summed E-state index contributed by atoms with van der Waals surface area (Å²) in [5, 5.41) is 25.8. The number of hydrogen-bond donors (Lipinski definition) is 4. The van der Waals surface area contributed by atoms with Crippen LogP contribution in [0.1, 0.15) is 5.82 Å². The Morgan fingerprint density at radius 3 is 2.88 bits per heavy atom. The third-order valence-corrected chi connectivity index (χ3v) is 1.93. The molecule has 4 N–H and O–H groups in total. The number of carboxylic acids is 1. The molecule has 94 valence electrons. The molecule has 0 unspecified atom stereocenters. The summed E-state index contributed by atoms with van der Waals surface area (Å²) in [6.07, 6.45) is -0.299. The van der Waals surface area contributed by atoms with E-state index in [0.29, 0.717) is 5.82 Å². The van der Waals surface area contributed by atoms with Crippen molar-refractivity contribution in [1.29, 1.82) is 0 Å². The fraction of sp³-hybridized carbons (Fsp3) is 0.500. The highest BCUT2D eigenvalue weighted by molar-refractivity contribution is 5.76. The highest BCUT2D eigenvalue weighted by Gasteiger charge is 2.16. The molecular formula is C8H13N5O4. The van der Waals surface area contributed by atoms with Gasteiger partial charge in [-0.3, -0.25) is 5.10 Å². The van der Waals surface area contributed by atoms with Crippen LogP contribution in [0.15, 0.2) is 6.33 Å². The zero-order valence-corrected chi connectivity index (χ0v) is 9.12. The van der Waals surface area contributed by atoms with E-state index < -0.39 is 18.1 Å². The minimum atomic E-state index is -1.61. The van der Waals surface area contributed by atoms with Gasteiger partial charge in [-0.15, -0.1) is 0 Å². The summed E-state index contributed by atoms with van der Waals surface area (Å²) in [5.41, 5.74) is 0. The number of carboxylic acid groups (broad SMARTS) is 1. The summed E-state index contributed by atoms with van der Waals surface area (Å²) in [7, 11) is 1.50. The Labute approximate surface area is 96.5 Å². The predicted molar refractivity (Wildman–Crippen MR) is 54.9 cm³/mol. The fourth-order valence-electron chi connectivity index (χ4n) is 1.01. The second-order valence-electron chi connectivity index (χ2n) is 3.33. The number of aliphatic hydroxyl groups excluding tert-OH is 1. The Balaban J connectivity index is 2.34. The molecule has 0 spiro atoms. The van der Waals surface area contributed by atoms with Gasteiger partial charge in [0.05, 0.1) is 13.1 Å². The molecule has 1 rings (SSSR count). The number of amides is 2. The number of nitrogens with zero attached hydrogens (tertiary/aromatic N) is 3. The molecule has 1 aromatic heterocycles. The van der Waals surface area contributed by atoms with Crippen molar-refractivity contribution in [2.24, 2.45) is 0 Å². The minimum Gasteiger partial charge on any atom is -0.479 e. The number of aromatic amines is 1. The molecule has 0 aliphatic rings. The zero-order valence-electron chi connectivity index (χ0n) is 9.12. The average Bonchev–Trinajstić information content (AvgIpc) is 2.77. The summed E-state index contributed by atoms with van der Waals surface area (Å²) in [4.78, 5) is 26.8. The van der Waals surface area contributed by atoms with Crippen LogP contribution in [0.3, 0.4) is 0 Å². The molecule has 9 nitrogen and oxygen atoms in total. The second kappa shape index (κ2) is 5.80. The van der Waals surface area contributed by atoms with Crippen molar-refractivity contribution in [3.8, 4) is 0 Å². The van der Waals surface area contributed by atoms with Crippen LogP contribution in [-0.4, -0.2) is 62.0 Å². The monoisotopic (exact) mass is 243 g/mol. The number of nitrogens with one attached hydrogen (secondary N) is 2. The van der Waals surface area contributed by atoms with Crippen molar-refractivity contribution < 1.29 is 19.8 Å². The Kier molecular flexibility index (Phi) is 4.40. The lowest BCUT2D eigenvalue weighted by Crippen LogP contribution is -2.42. The van der Waals surface area contributed by atoms with Crippen LogP contribution in [0.5, 0.6) is 0 Å². The lowest BCUT2D eigenvalue weighted by molar-refractivity contribution is -0.146. The Morgan fingerprint density at radius 2 is 2.35 bits per heavy atom. The number of aliphatic carboxylic acids is 1. The highest BCUT2D eigenvalue weighted by Crippen LogP contribution is 1.94. The van der Waals surface area contributed by atoms with Gasteiger partial charge < -0.3 is 20.4 Å². The molecule has 0 aliphatic heterocycles. The summed E-state index contributed by atoms with van der Waals surface area (Å²) in [6.45, 7) is -0.149. The summed E-state index contributed by atoms with van der Waals surface area (Å²) >= 11 is 0. The molecule has 0 aliphatic carbocycles. The van der Waals surface area contributed by atoms with Crippen LogP contribution in [0.4, 0.5) is 4.79 Å². The maximum Gasteiger partial charge on any atom is 0.334 e. The number of aliphatic hydroxyl groups is 1. The van der Waals surface area contributed by atoms with Crippen LogP contribution in [0.2, 0.25) is 0 Å². The first-order chi connectivity index (χ1) is 8.00. The van der Waals surface area contributed by atoms with Gasteiger partial charge >= 0.3 is 12.0 Å². The number of urea groups is 1. The SMILES string of the molecule is CN(Cc1ncn[nH]1)C(=O)NC[C@H](O)C(=O)O. The number of H-pyrrole nitrogens is 1. The van der Waals surface area contributed by atoms with E-state index in [2.05, 4.69) is 20.5 Å². The zero-order chi connectivity index (χ0) is 12.8. The fourth-order valence-corrected chi connectivity index (χ4v) is 1.01. The molecule has 1 aromatic rings. The minimum absolute atomic E-state index is 0.203. The quantitative estimate of drug-likeness (QED) is 0.492. The smallest absolute Gasteiger partial charge is 0.334 e. The van der Waals surface area contributed by atoms with E-state index in [1.165, 1.54) is 18.3 Å². The first-order valence-corrected chi connectivity index (χ1v) is 4.74. The van der Waals surface area contributed by atoms with Crippen molar-refractivity contribution in [1.82, 2.24) is 25.4 Å². The van der Waals surface area contributed by atoms with E-state index in [1.54, 1.807) is 0 Å². The van der Waals surface area contributed by atoms with Gasteiger partial charge in [0.15, 0.2) is 6.10 Å². The summed E-state index contributed by atoms with van der Waals surface area (Å²) < 4.78 is 0. The van der Waals surface area contributed by atoms with E-state index in [4.69, 9.17) is 10.2 Å². The lowest BCUT2D eigenvalue weighted by atomic mass is 10.3. The van der Waals surface area contributed by atoms with E-state index in [-0.39, 0.29) is 13.1 Å². The van der Waals surface area contributed by atoms with Crippen molar-refractivity contribution in [3.63, 3.8) is 0 Å². The molecule has 0 aromatic carbocycles. The first kappa shape index (κ1) is 12.9. The molecule has 0 radical (unpaired) electrons. The third kappa shape index (κ3) is 4.07. The van der Waals surface area contributed by atoms with Crippen LogP contribution < -0.4 is 5.32 Å². The maximum absolute atomic E-state index is 11.4. The van der Waals surface area contributed by atoms with Crippen molar-refractivity contribution in [2.75, 3.05) is 13.6 Å². The van der Waals surface area contributed by atoms with Crippen molar-refractivity contribution in [3.05, 3.63) is 12.2 Å². The molecule has 0 saturated carbocycles. The van der Waals surface area contributed by atoms with Crippen LogP contribution >= 0.6 is 0 Å². The molecule has 0 saturated heterocycles. The molecule has 1 heterocycles. The first-order valence-electron chi connectivity index (χ1n) is 4.74. The standard InChI is InChI=1S/C8H13N5O4/c1-13(3-6-10-4-11-12-6)8(17)9-2-5(14)7(15)16/h4-5,14H,2-3H2,1H3,(H,9,17)(H,15,16)(H,10,11,12)/t5-/m0/s1. The molecule has 9 heteroatoms. The van der Waals surface area contributed by atoms with Gasteiger partial charge in [0.25, 0.3) is 0 Å².